The molecule has 5 nitrogen and oxygen atoms in total. The number of hydrogen-bond acceptors (Lipinski definition) is 4. The van der Waals surface area contributed by atoms with Crippen molar-refractivity contribution >= 4 is 43.8 Å². The van der Waals surface area contributed by atoms with Gasteiger partial charge < -0.3 is 8.98 Å². The molecule has 2 aromatic carbocycles. The predicted molar refractivity (Wildman–Crippen MR) is 124 cm³/mol. The van der Waals surface area contributed by atoms with Gasteiger partial charge >= 0.3 is 5.63 Å². The van der Waals surface area contributed by atoms with Gasteiger partial charge in [-0.1, -0.05) is 18.2 Å². The number of benzene rings is 2. The monoisotopic (exact) mass is 423 g/mol. The van der Waals surface area contributed by atoms with Crippen molar-refractivity contribution < 1.29 is 8.81 Å². The van der Waals surface area contributed by atoms with Gasteiger partial charge in [0.05, 0.1) is 17.6 Å². The van der Waals surface area contributed by atoms with Crippen molar-refractivity contribution in [1.82, 2.24) is 14.5 Å². The first-order valence-corrected chi connectivity index (χ1v) is 10.4. The van der Waals surface area contributed by atoms with E-state index in [0.29, 0.717) is 23.1 Å². The van der Waals surface area contributed by atoms with E-state index in [1.54, 1.807) is 25.3 Å². The van der Waals surface area contributed by atoms with Gasteiger partial charge in [0.1, 0.15) is 11.3 Å². The first-order valence-electron chi connectivity index (χ1n) is 10.4. The first kappa shape index (κ1) is 18.7. The lowest BCUT2D eigenvalue weighted by Gasteiger charge is -2.11. The number of hydrogen-bond donors (Lipinski definition) is 0. The maximum atomic E-state index is 14.7. The van der Waals surface area contributed by atoms with Crippen LogP contribution in [0.5, 0.6) is 0 Å². The maximum absolute atomic E-state index is 14.7. The maximum Gasteiger partial charge on any atom is 0.362 e. The second-order valence-electron chi connectivity index (χ2n) is 8.10. The number of fused-ring (bicyclic) bond motifs is 6. The van der Waals surface area contributed by atoms with Crippen LogP contribution in [0, 0.1) is 19.7 Å². The number of para-hydroxylation sites is 1. The van der Waals surface area contributed by atoms with Crippen LogP contribution in [0.4, 0.5) is 4.39 Å². The fourth-order valence-electron chi connectivity index (χ4n) is 4.51. The molecule has 4 aromatic heterocycles. The minimum atomic E-state index is -0.494. The summed E-state index contributed by atoms with van der Waals surface area (Å²) in [7, 11) is 0. The van der Waals surface area contributed by atoms with E-state index in [1.165, 1.54) is 6.07 Å². The van der Waals surface area contributed by atoms with Crippen molar-refractivity contribution in [2.24, 2.45) is 0 Å². The molecule has 6 rings (SSSR count). The largest absolute Gasteiger partial charge is 0.402 e. The Hall–Kier alpha value is -4.06. The van der Waals surface area contributed by atoms with E-state index in [-0.39, 0.29) is 11.5 Å². The zero-order chi connectivity index (χ0) is 22.0. The lowest BCUT2D eigenvalue weighted by molar-refractivity contribution is 0.553. The molecule has 32 heavy (non-hydrogen) atoms. The summed E-state index contributed by atoms with van der Waals surface area (Å²) >= 11 is 0. The average Bonchev–Trinajstić information content (AvgIpc) is 3.08. The Balaban J connectivity index is 1.73. The zero-order valence-corrected chi connectivity index (χ0v) is 17.5. The lowest BCUT2D eigenvalue weighted by atomic mass is 10.1. The number of rotatable bonds is 2. The number of halogens is 1. The van der Waals surface area contributed by atoms with Crippen molar-refractivity contribution in [3.05, 3.63) is 93.9 Å². The summed E-state index contributed by atoms with van der Waals surface area (Å²) in [5, 5.41) is 3.27. The van der Waals surface area contributed by atoms with E-state index in [4.69, 9.17) is 9.40 Å². The van der Waals surface area contributed by atoms with Crippen LogP contribution in [0.3, 0.4) is 0 Å². The Morgan fingerprint density at radius 2 is 1.88 bits per heavy atom. The second kappa shape index (κ2) is 6.72. The fraction of sp³-hybridized carbons (Fsp3) is 0.115. The molecule has 0 aliphatic carbocycles. The van der Waals surface area contributed by atoms with E-state index in [1.807, 2.05) is 41.8 Å². The topological polar surface area (TPSA) is 60.9 Å². The molecule has 0 atom stereocenters. The fourth-order valence-corrected chi connectivity index (χ4v) is 4.51. The van der Waals surface area contributed by atoms with Gasteiger partial charge in [-0.3, -0.25) is 4.98 Å². The normalized spacial score (nSPS) is 11.8. The summed E-state index contributed by atoms with van der Waals surface area (Å²) in [4.78, 5) is 22.0. The van der Waals surface area contributed by atoms with Crippen molar-refractivity contribution in [3.8, 4) is 0 Å². The predicted octanol–water partition coefficient (Wildman–Crippen LogP) is 5.65. The molecule has 0 saturated heterocycles. The molecular formula is C26H18FN3O2. The van der Waals surface area contributed by atoms with Gasteiger partial charge in [0, 0.05) is 33.4 Å². The highest BCUT2D eigenvalue weighted by molar-refractivity contribution is 6.18. The van der Waals surface area contributed by atoms with Gasteiger partial charge in [0.25, 0.3) is 0 Å². The highest BCUT2D eigenvalue weighted by atomic mass is 19.1. The Kier molecular flexibility index (Phi) is 3.92. The van der Waals surface area contributed by atoms with Crippen LogP contribution in [0.2, 0.25) is 0 Å². The molecule has 156 valence electrons. The van der Waals surface area contributed by atoms with Crippen LogP contribution in [0.25, 0.3) is 43.8 Å². The summed E-state index contributed by atoms with van der Waals surface area (Å²) in [6.07, 6.45) is 1.59. The molecule has 0 aliphatic rings. The van der Waals surface area contributed by atoms with E-state index in [9.17, 15) is 9.18 Å². The Labute approximate surface area is 181 Å². The molecule has 0 fully saturated rings. The molecule has 6 aromatic rings. The van der Waals surface area contributed by atoms with Gasteiger partial charge in [-0.25, -0.2) is 14.2 Å². The third-order valence-corrected chi connectivity index (χ3v) is 6.11. The Bertz CT molecular complexity index is 1770. The standard InChI is InChI=1S/C26H18FN3O2/c1-14-10-19-22(12-20(14)27)30(13-17-11-16-6-3-4-8-21(16)29-15(17)2)24-23(19)18-7-5-9-28-25(18)32-26(24)31/h3-12H,13H2,1-2H3. The second-order valence-corrected chi connectivity index (χ2v) is 8.10. The van der Waals surface area contributed by atoms with E-state index in [2.05, 4.69) is 11.1 Å². The van der Waals surface area contributed by atoms with Gasteiger partial charge in [0.15, 0.2) is 0 Å². The number of pyridine rings is 2. The molecule has 4 heterocycles. The van der Waals surface area contributed by atoms with Crippen LogP contribution in [0.15, 0.2) is 70.0 Å². The van der Waals surface area contributed by atoms with E-state index >= 15 is 0 Å². The Morgan fingerprint density at radius 1 is 1.03 bits per heavy atom. The summed E-state index contributed by atoms with van der Waals surface area (Å²) in [6, 6.07) is 16.9. The zero-order valence-electron chi connectivity index (χ0n) is 17.5. The lowest BCUT2D eigenvalue weighted by Crippen LogP contribution is -2.10. The highest BCUT2D eigenvalue weighted by Gasteiger charge is 2.21. The summed E-state index contributed by atoms with van der Waals surface area (Å²) in [5.41, 5.74) is 4.06. The molecule has 0 unspecified atom stereocenters. The quantitative estimate of drug-likeness (QED) is 0.361. The molecule has 0 bridgehead atoms. The van der Waals surface area contributed by atoms with Gasteiger partial charge in [-0.15, -0.1) is 0 Å². The van der Waals surface area contributed by atoms with Crippen LogP contribution < -0.4 is 5.63 Å². The minimum absolute atomic E-state index is 0.273. The molecule has 0 N–H and O–H groups in total. The van der Waals surface area contributed by atoms with Crippen LogP contribution in [0.1, 0.15) is 16.8 Å². The van der Waals surface area contributed by atoms with Gasteiger partial charge in [-0.05, 0) is 61.4 Å². The van der Waals surface area contributed by atoms with E-state index in [0.717, 1.165) is 38.3 Å². The average molecular weight is 423 g/mol. The summed E-state index contributed by atoms with van der Waals surface area (Å²) in [6.45, 7) is 4.03. The van der Waals surface area contributed by atoms with Crippen LogP contribution in [-0.4, -0.2) is 14.5 Å². The van der Waals surface area contributed by atoms with Crippen LogP contribution >= 0.6 is 0 Å². The smallest absolute Gasteiger partial charge is 0.362 e. The molecule has 0 spiro atoms. The molecule has 0 radical (unpaired) electrons. The van der Waals surface area contributed by atoms with Crippen molar-refractivity contribution in [2.45, 2.75) is 20.4 Å². The van der Waals surface area contributed by atoms with E-state index < -0.39 is 5.63 Å². The number of aromatic nitrogens is 3. The number of nitrogens with zero attached hydrogens (tertiary/aromatic N) is 3. The Morgan fingerprint density at radius 3 is 2.75 bits per heavy atom. The number of aryl methyl sites for hydroxylation is 2. The summed E-state index contributed by atoms with van der Waals surface area (Å²) in [5.74, 6) is -0.318. The first-order chi connectivity index (χ1) is 15.5. The van der Waals surface area contributed by atoms with Crippen molar-refractivity contribution in [3.63, 3.8) is 0 Å². The SMILES string of the molecule is Cc1cc2c3c4cccnc4oc(=O)c3n(Cc3cc4ccccc4nc3C)c2cc1F. The molecular weight excluding hydrogens is 405 g/mol. The molecule has 0 saturated carbocycles. The third kappa shape index (κ3) is 2.66. The van der Waals surface area contributed by atoms with Crippen molar-refractivity contribution in [1.29, 1.82) is 0 Å². The molecule has 0 aliphatic heterocycles. The highest BCUT2D eigenvalue weighted by Crippen LogP contribution is 2.34. The van der Waals surface area contributed by atoms with Crippen molar-refractivity contribution in [2.75, 3.05) is 0 Å². The molecule has 6 heteroatoms. The third-order valence-electron chi connectivity index (χ3n) is 6.11. The summed E-state index contributed by atoms with van der Waals surface area (Å²) < 4.78 is 22.0. The minimum Gasteiger partial charge on any atom is -0.402 e. The van der Waals surface area contributed by atoms with Gasteiger partial charge in [-0.2, -0.15) is 0 Å². The molecule has 0 amide bonds. The van der Waals surface area contributed by atoms with Crippen LogP contribution in [-0.2, 0) is 6.54 Å². The van der Waals surface area contributed by atoms with Gasteiger partial charge in [0.2, 0.25) is 5.71 Å².